The highest BCUT2D eigenvalue weighted by molar-refractivity contribution is 7.99. The first-order chi connectivity index (χ1) is 7.49. The Morgan fingerprint density at radius 2 is 2.38 bits per heavy atom. The summed E-state index contributed by atoms with van der Waals surface area (Å²) >= 11 is 1.49. The van der Waals surface area contributed by atoms with Crippen LogP contribution in [0.25, 0.3) is 0 Å². The molecule has 4 nitrogen and oxygen atoms in total. The summed E-state index contributed by atoms with van der Waals surface area (Å²) in [4.78, 5) is 12.1. The van der Waals surface area contributed by atoms with E-state index in [1.165, 1.54) is 11.8 Å². The zero-order chi connectivity index (χ0) is 12.2. The topological polar surface area (TPSA) is 62.5 Å². The molecule has 0 aromatic carbocycles. The highest BCUT2D eigenvalue weighted by atomic mass is 32.2. The Bertz CT molecular complexity index is 364. The normalized spacial score (nSPS) is 14.7. The maximum Gasteiger partial charge on any atom is 0.324 e. The molecule has 16 heavy (non-hydrogen) atoms. The van der Waals surface area contributed by atoms with Crippen molar-refractivity contribution in [1.29, 1.82) is 0 Å². The minimum absolute atomic E-state index is 0.469. The van der Waals surface area contributed by atoms with Gasteiger partial charge in [0, 0.05) is 10.6 Å². The van der Waals surface area contributed by atoms with Crippen LogP contribution in [0.3, 0.4) is 0 Å². The average molecular weight is 243 g/mol. The summed E-state index contributed by atoms with van der Waals surface area (Å²) in [6.45, 7) is 6.09. The van der Waals surface area contributed by atoms with Crippen molar-refractivity contribution in [3.8, 4) is 0 Å². The summed E-state index contributed by atoms with van der Waals surface area (Å²) in [6, 6.07) is 1.86. The second-order valence-electron chi connectivity index (χ2n) is 3.80. The molecule has 0 fully saturated rings. The molecule has 0 saturated heterocycles. The Hall–Kier alpha value is -0.940. The van der Waals surface area contributed by atoms with Gasteiger partial charge in [0.2, 0.25) is 0 Å². The van der Waals surface area contributed by atoms with Gasteiger partial charge in [0.25, 0.3) is 0 Å². The summed E-state index contributed by atoms with van der Waals surface area (Å²) in [6.07, 6.45) is 1.61. The largest absolute Gasteiger partial charge is 0.480 e. The smallest absolute Gasteiger partial charge is 0.324 e. The number of rotatable bonds is 6. The first kappa shape index (κ1) is 13.1. The number of hydrogen-bond acceptors (Lipinski definition) is 4. The number of furan rings is 1. The van der Waals surface area contributed by atoms with Crippen LogP contribution in [-0.4, -0.2) is 28.9 Å². The minimum atomic E-state index is -0.900. The fraction of sp³-hybridized carbons (Fsp3) is 0.545. The van der Waals surface area contributed by atoms with E-state index in [2.05, 4.69) is 5.32 Å². The van der Waals surface area contributed by atoms with Crippen LogP contribution in [0.5, 0.6) is 0 Å². The molecule has 90 valence electrons. The third-order valence-electron chi connectivity index (χ3n) is 2.37. The molecule has 1 atom stereocenters. The van der Waals surface area contributed by atoms with Crippen LogP contribution in [0.2, 0.25) is 0 Å². The van der Waals surface area contributed by atoms with Crippen molar-refractivity contribution in [3.63, 3.8) is 0 Å². The number of carboxylic acid groups (broad SMARTS) is 1. The second-order valence-corrected chi connectivity index (χ2v) is 4.81. The van der Waals surface area contributed by atoms with Crippen molar-refractivity contribution in [3.05, 3.63) is 18.1 Å². The minimum Gasteiger partial charge on any atom is -0.480 e. The van der Waals surface area contributed by atoms with Gasteiger partial charge >= 0.3 is 5.97 Å². The van der Waals surface area contributed by atoms with Gasteiger partial charge in [-0.3, -0.25) is 4.79 Å². The molecular weight excluding hydrogens is 226 g/mol. The molecular formula is C11H17NO3S. The van der Waals surface area contributed by atoms with Crippen molar-refractivity contribution in [2.45, 2.75) is 31.2 Å². The quantitative estimate of drug-likeness (QED) is 0.749. The molecule has 0 amide bonds. The average Bonchev–Trinajstić information content (AvgIpc) is 2.61. The number of aliphatic carboxylic acids is 1. The molecule has 2 N–H and O–H groups in total. The van der Waals surface area contributed by atoms with Gasteiger partial charge in [0.15, 0.2) is 0 Å². The van der Waals surface area contributed by atoms with E-state index in [1.807, 2.05) is 19.9 Å². The van der Waals surface area contributed by atoms with Crippen LogP contribution in [0.1, 0.15) is 19.6 Å². The van der Waals surface area contributed by atoms with E-state index in [9.17, 15) is 4.79 Å². The van der Waals surface area contributed by atoms with Crippen LogP contribution >= 0.6 is 11.8 Å². The van der Waals surface area contributed by atoms with E-state index in [0.29, 0.717) is 12.3 Å². The van der Waals surface area contributed by atoms with Crippen molar-refractivity contribution < 1.29 is 14.3 Å². The zero-order valence-corrected chi connectivity index (χ0v) is 10.6. The Labute approximate surface area is 99.4 Å². The highest BCUT2D eigenvalue weighted by Crippen LogP contribution is 2.26. The van der Waals surface area contributed by atoms with Gasteiger partial charge in [0.1, 0.15) is 11.3 Å². The van der Waals surface area contributed by atoms with Gasteiger partial charge in [-0.2, -0.15) is 0 Å². The van der Waals surface area contributed by atoms with E-state index in [-0.39, 0.29) is 0 Å². The van der Waals surface area contributed by atoms with Crippen LogP contribution in [0, 0.1) is 6.92 Å². The van der Waals surface area contributed by atoms with E-state index in [1.54, 1.807) is 13.2 Å². The number of carbonyl (C=O) groups is 1. The molecule has 1 aromatic heterocycles. The molecule has 0 aliphatic rings. The van der Waals surface area contributed by atoms with Crippen molar-refractivity contribution in [2.75, 3.05) is 12.3 Å². The van der Waals surface area contributed by atoms with Crippen molar-refractivity contribution >= 4 is 17.7 Å². The molecule has 0 bridgehead atoms. The molecule has 1 rings (SSSR count). The summed E-state index contributed by atoms with van der Waals surface area (Å²) < 4.78 is 5.16. The van der Waals surface area contributed by atoms with E-state index in [0.717, 1.165) is 10.7 Å². The van der Waals surface area contributed by atoms with Crippen molar-refractivity contribution in [1.82, 2.24) is 5.32 Å². The monoisotopic (exact) mass is 243 g/mol. The van der Waals surface area contributed by atoms with Gasteiger partial charge < -0.3 is 14.8 Å². The van der Waals surface area contributed by atoms with Crippen LogP contribution < -0.4 is 5.32 Å². The lowest BCUT2D eigenvalue weighted by Gasteiger charge is -2.25. The lowest BCUT2D eigenvalue weighted by atomic mass is 10.1. The zero-order valence-electron chi connectivity index (χ0n) is 9.74. The van der Waals surface area contributed by atoms with E-state index >= 15 is 0 Å². The number of likely N-dealkylation sites (N-methyl/N-ethyl adjacent to an activating group) is 1. The predicted molar refractivity (Wildman–Crippen MR) is 63.9 cm³/mol. The first-order valence-electron chi connectivity index (χ1n) is 5.15. The Morgan fingerprint density at radius 1 is 1.69 bits per heavy atom. The Kier molecular flexibility index (Phi) is 4.44. The van der Waals surface area contributed by atoms with Crippen LogP contribution in [0.4, 0.5) is 0 Å². The summed E-state index contributed by atoms with van der Waals surface area (Å²) in [7, 11) is 0. The third-order valence-corrected chi connectivity index (χ3v) is 3.82. The molecule has 0 aliphatic heterocycles. The summed E-state index contributed by atoms with van der Waals surface area (Å²) in [5.41, 5.74) is -0.900. The number of aryl methyl sites for hydroxylation is 1. The number of carboxylic acids is 1. The van der Waals surface area contributed by atoms with Gasteiger partial charge in [0.05, 0.1) is 6.26 Å². The molecule has 5 heteroatoms. The molecule has 1 aromatic rings. The Morgan fingerprint density at radius 3 is 2.81 bits per heavy atom. The molecule has 1 unspecified atom stereocenters. The van der Waals surface area contributed by atoms with Gasteiger partial charge in [-0.15, -0.1) is 11.8 Å². The number of thioether (sulfide) groups is 1. The summed E-state index contributed by atoms with van der Waals surface area (Å²) in [5, 5.41) is 12.2. The molecule has 0 aliphatic carbocycles. The number of nitrogens with one attached hydrogen (secondary N) is 1. The predicted octanol–water partition coefficient (Wildman–Crippen LogP) is 2.13. The van der Waals surface area contributed by atoms with Gasteiger partial charge in [-0.05, 0) is 26.5 Å². The fourth-order valence-electron chi connectivity index (χ4n) is 1.32. The van der Waals surface area contributed by atoms with Gasteiger partial charge in [-0.1, -0.05) is 6.92 Å². The molecule has 1 heterocycles. The molecule has 0 radical (unpaired) electrons. The molecule has 0 saturated carbocycles. The Balaban J connectivity index is 2.64. The van der Waals surface area contributed by atoms with E-state index < -0.39 is 11.5 Å². The second kappa shape index (κ2) is 5.41. The van der Waals surface area contributed by atoms with Crippen molar-refractivity contribution in [2.24, 2.45) is 0 Å². The highest BCUT2D eigenvalue weighted by Gasteiger charge is 2.32. The SMILES string of the molecule is CCNC(C)(CSc1ccoc1C)C(=O)O. The maximum atomic E-state index is 11.2. The van der Waals surface area contributed by atoms with E-state index in [4.69, 9.17) is 9.52 Å². The van der Waals surface area contributed by atoms with Crippen LogP contribution in [-0.2, 0) is 4.79 Å². The first-order valence-corrected chi connectivity index (χ1v) is 6.13. The summed E-state index contributed by atoms with van der Waals surface area (Å²) in [5.74, 6) is 0.466. The number of hydrogen-bond donors (Lipinski definition) is 2. The standard InChI is InChI=1S/C11H17NO3S/c1-4-12-11(3,10(13)14)7-16-9-5-6-15-8(9)2/h5-6,12H,4,7H2,1-3H3,(H,13,14). The lowest BCUT2D eigenvalue weighted by Crippen LogP contribution is -2.51. The van der Waals surface area contributed by atoms with Crippen LogP contribution in [0.15, 0.2) is 21.6 Å². The third kappa shape index (κ3) is 3.02. The molecule has 0 spiro atoms. The fourth-order valence-corrected chi connectivity index (χ4v) is 2.40. The van der Waals surface area contributed by atoms with Gasteiger partial charge in [-0.25, -0.2) is 0 Å². The maximum absolute atomic E-state index is 11.2. The lowest BCUT2D eigenvalue weighted by molar-refractivity contribution is -0.143.